The average Bonchev–Trinajstić information content (AvgIpc) is 3.17. The maximum Gasteiger partial charge on any atom is 0.126 e. The van der Waals surface area contributed by atoms with Crippen molar-refractivity contribution in [2.24, 2.45) is 0 Å². The Morgan fingerprint density at radius 3 is 2.24 bits per heavy atom. The fourth-order valence-corrected chi connectivity index (χ4v) is 2.70. The molecule has 0 radical (unpaired) electrons. The molecule has 4 aromatic rings. The van der Waals surface area contributed by atoms with E-state index in [-0.39, 0.29) is 0 Å². The summed E-state index contributed by atoms with van der Waals surface area (Å²) in [5, 5.41) is 10.8. The van der Waals surface area contributed by atoms with Gasteiger partial charge in [-0.25, -0.2) is 4.98 Å². The molecule has 25 heavy (non-hydrogen) atoms. The predicted molar refractivity (Wildman–Crippen MR) is 101 cm³/mol. The average molecular weight is 326 g/mol. The number of pyridine rings is 1. The Kier molecular flexibility index (Phi) is 4.25. The summed E-state index contributed by atoms with van der Waals surface area (Å²) < 4.78 is 0. The molecule has 0 bridgehead atoms. The highest BCUT2D eigenvalue weighted by atomic mass is 15.1. The number of benzene rings is 2. The van der Waals surface area contributed by atoms with Crippen LogP contribution in [0.4, 0.5) is 5.82 Å². The molecule has 0 aliphatic rings. The van der Waals surface area contributed by atoms with E-state index < -0.39 is 0 Å². The first-order valence-corrected chi connectivity index (χ1v) is 8.24. The highest BCUT2D eigenvalue weighted by Gasteiger charge is 2.04. The smallest absolute Gasteiger partial charge is 0.126 e. The first-order chi connectivity index (χ1) is 12.4. The second-order valence-corrected chi connectivity index (χ2v) is 5.77. The third-order valence-corrected chi connectivity index (χ3v) is 3.98. The van der Waals surface area contributed by atoms with E-state index in [1.165, 1.54) is 0 Å². The Bertz CT molecular complexity index is 946. The molecule has 0 aliphatic carbocycles. The fraction of sp³-hybridized carbons (Fsp3) is 0.0476. The molecular formula is C21H18N4. The van der Waals surface area contributed by atoms with E-state index >= 15 is 0 Å². The van der Waals surface area contributed by atoms with Crippen molar-refractivity contribution < 1.29 is 0 Å². The first-order valence-electron chi connectivity index (χ1n) is 8.24. The van der Waals surface area contributed by atoms with Gasteiger partial charge in [0, 0.05) is 5.56 Å². The van der Waals surface area contributed by atoms with E-state index in [1.807, 2.05) is 54.6 Å². The van der Waals surface area contributed by atoms with Crippen molar-refractivity contribution in [3.8, 4) is 22.5 Å². The van der Waals surface area contributed by atoms with Crippen molar-refractivity contribution in [3.63, 3.8) is 0 Å². The second-order valence-electron chi connectivity index (χ2n) is 5.77. The van der Waals surface area contributed by atoms with Crippen LogP contribution in [0.25, 0.3) is 22.5 Å². The van der Waals surface area contributed by atoms with Gasteiger partial charge < -0.3 is 5.32 Å². The van der Waals surface area contributed by atoms with Crippen LogP contribution in [0.1, 0.15) is 5.69 Å². The highest BCUT2D eigenvalue weighted by Crippen LogP contribution is 2.20. The third-order valence-electron chi connectivity index (χ3n) is 3.98. The number of H-pyrrole nitrogens is 1. The summed E-state index contributed by atoms with van der Waals surface area (Å²) in [6.45, 7) is 0.620. The Labute approximate surface area is 146 Å². The van der Waals surface area contributed by atoms with Gasteiger partial charge in [-0.2, -0.15) is 5.10 Å². The number of hydrogen-bond acceptors (Lipinski definition) is 3. The SMILES string of the molecule is c1ccc(-c2cccc(NCc3cc(-c4ccccc4)[nH]n3)n2)cc1. The number of rotatable bonds is 5. The molecule has 2 heterocycles. The van der Waals surface area contributed by atoms with Gasteiger partial charge in [-0.1, -0.05) is 66.7 Å². The van der Waals surface area contributed by atoms with Crippen LogP contribution in [0.2, 0.25) is 0 Å². The van der Waals surface area contributed by atoms with Gasteiger partial charge >= 0.3 is 0 Å². The van der Waals surface area contributed by atoms with Crippen LogP contribution >= 0.6 is 0 Å². The van der Waals surface area contributed by atoms with Crippen LogP contribution < -0.4 is 5.32 Å². The molecule has 0 fully saturated rings. The van der Waals surface area contributed by atoms with Crippen molar-refractivity contribution in [1.29, 1.82) is 0 Å². The summed E-state index contributed by atoms with van der Waals surface area (Å²) in [5.74, 6) is 0.839. The van der Waals surface area contributed by atoms with Crippen LogP contribution in [-0.2, 0) is 6.54 Å². The molecule has 4 nitrogen and oxygen atoms in total. The fourth-order valence-electron chi connectivity index (χ4n) is 2.70. The molecule has 2 aromatic heterocycles. The van der Waals surface area contributed by atoms with E-state index in [0.717, 1.165) is 34.0 Å². The van der Waals surface area contributed by atoms with E-state index in [1.54, 1.807) is 0 Å². The molecule has 0 unspecified atom stereocenters. The van der Waals surface area contributed by atoms with Crippen LogP contribution in [-0.4, -0.2) is 15.2 Å². The molecule has 0 saturated heterocycles. The minimum atomic E-state index is 0.620. The number of nitrogens with zero attached hydrogens (tertiary/aromatic N) is 2. The number of aromatic nitrogens is 3. The molecule has 2 aromatic carbocycles. The summed E-state index contributed by atoms with van der Waals surface area (Å²) >= 11 is 0. The molecule has 2 N–H and O–H groups in total. The Morgan fingerprint density at radius 2 is 1.48 bits per heavy atom. The monoisotopic (exact) mass is 326 g/mol. The van der Waals surface area contributed by atoms with Crippen molar-refractivity contribution >= 4 is 5.82 Å². The van der Waals surface area contributed by atoms with E-state index in [9.17, 15) is 0 Å². The van der Waals surface area contributed by atoms with E-state index in [4.69, 9.17) is 0 Å². The first kappa shape index (κ1) is 15.1. The summed E-state index contributed by atoms with van der Waals surface area (Å²) in [6.07, 6.45) is 0. The molecule has 0 saturated carbocycles. The van der Waals surface area contributed by atoms with Gasteiger partial charge in [-0.15, -0.1) is 0 Å². The topological polar surface area (TPSA) is 53.6 Å². The van der Waals surface area contributed by atoms with Gasteiger partial charge in [-0.3, -0.25) is 5.10 Å². The molecule has 122 valence electrons. The van der Waals surface area contributed by atoms with Crippen molar-refractivity contribution in [2.45, 2.75) is 6.54 Å². The van der Waals surface area contributed by atoms with Crippen molar-refractivity contribution in [3.05, 3.63) is 90.6 Å². The van der Waals surface area contributed by atoms with Gasteiger partial charge in [0.05, 0.1) is 23.6 Å². The second kappa shape index (κ2) is 7.01. The summed E-state index contributed by atoms with van der Waals surface area (Å²) in [7, 11) is 0. The standard InChI is InChI=1S/C21H18N4/c1-3-8-16(9-4-1)19-12-7-13-21(23-19)22-15-18-14-20(25-24-18)17-10-5-2-6-11-17/h1-14H,15H2,(H,22,23)(H,24,25). The number of aromatic amines is 1. The summed E-state index contributed by atoms with van der Waals surface area (Å²) in [5.41, 5.74) is 5.16. The van der Waals surface area contributed by atoms with Gasteiger partial charge in [0.15, 0.2) is 0 Å². The number of nitrogens with one attached hydrogen (secondary N) is 2. The van der Waals surface area contributed by atoms with Gasteiger partial charge in [-0.05, 0) is 23.8 Å². The van der Waals surface area contributed by atoms with Crippen molar-refractivity contribution in [1.82, 2.24) is 15.2 Å². The molecule has 4 rings (SSSR count). The lowest BCUT2D eigenvalue weighted by Crippen LogP contribution is -2.02. The highest BCUT2D eigenvalue weighted by molar-refractivity contribution is 5.61. The lowest BCUT2D eigenvalue weighted by atomic mass is 10.1. The molecule has 4 heteroatoms. The zero-order valence-corrected chi connectivity index (χ0v) is 13.7. The van der Waals surface area contributed by atoms with E-state index in [0.29, 0.717) is 6.54 Å². The van der Waals surface area contributed by atoms with Gasteiger partial charge in [0.25, 0.3) is 0 Å². The third kappa shape index (κ3) is 3.58. The molecule has 0 spiro atoms. The minimum Gasteiger partial charge on any atom is -0.364 e. The zero-order valence-electron chi connectivity index (χ0n) is 13.7. The number of anilines is 1. The molecular weight excluding hydrogens is 308 g/mol. The van der Waals surface area contributed by atoms with Crippen LogP contribution in [0.5, 0.6) is 0 Å². The molecule has 0 atom stereocenters. The van der Waals surface area contributed by atoms with Crippen LogP contribution in [0.15, 0.2) is 84.9 Å². The Morgan fingerprint density at radius 1 is 0.760 bits per heavy atom. The normalized spacial score (nSPS) is 10.6. The van der Waals surface area contributed by atoms with Gasteiger partial charge in [0.2, 0.25) is 0 Å². The predicted octanol–water partition coefficient (Wildman–Crippen LogP) is 4.75. The summed E-state index contributed by atoms with van der Waals surface area (Å²) in [4.78, 5) is 4.67. The maximum atomic E-state index is 4.67. The van der Waals surface area contributed by atoms with Crippen molar-refractivity contribution in [2.75, 3.05) is 5.32 Å². The van der Waals surface area contributed by atoms with E-state index in [2.05, 4.69) is 50.8 Å². The summed E-state index contributed by atoms with van der Waals surface area (Å²) in [6, 6.07) is 28.4. The largest absolute Gasteiger partial charge is 0.364 e. The minimum absolute atomic E-state index is 0.620. The molecule has 0 amide bonds. The Balaban J connectivity index is 1.46. The zero-order chi connectivity index (χ0) is 16.9. The van der Waals surface area contributed by atoms with Crippen LogP contribution in [0, 0.1) is 0 Å². The lowest BCUT2D eigenvalue weighted by Gasteiger charge is -2.06. The number of hydrogen-bond donors (Lipinski definition) is 2. The Hall–Kier alpha value is -3.40. The lowest BCUT2D eigenvalue weighted by molar-refractivity contribution is 0.976. The van der Waals surface area contributed by atoms with Crippen LogP contribution in [0.3, 0.4) is 0 Å². The van der Waals surface area contributed by atoms with Gasteiger partial charge in [0.1, 0.15) is 5.82 Å². The molecule has 0 aliphatic heterocycles. The maximum absolute atomic E-state index is 4.67. The quantitative estimate of drug-likeness (QED) is 0.556.